The quantitative estimate of drug-likeness (QED) is 0.748. The molecule has 3 heteroatoms. The van der Waals surface area contributed by atoms with Crippen LogP contribution >= 0.6 is 0 Å². The van der Waals surface area contributed by atoms with E-state index in [4.69, 9.17) is 0 Å². The van der Waals surface area contributed by atoms with E-state index in [0.717, 1.165) is 11.6 Å². The monoisotopic (exact) mass is 179 g/mol. The Bertz CT molecular complexity index is 281. The zero-order valence-corrected chi connectivity index (χ0v) is 8.35. The topological polar surface area (TPSA) is 40.7 Å². The van der Waals surface area contributed by atoms with Crippen molar-refractivity contribution in [3.05, 3.63) is 11.9 Å². The van der Waals surface area contributed by atoms with Crippen molar-refractivity contribution in [2.24, 2.45) is 0 Å². The first-order valence-corrected chi connectivity index (χ1v) is 5.04. The van der Waals surface area contributed by atoms with Crippen LogP contribution in [-0.4, -0.2) is 15.5 Å². The summed E-state index contributed by atoms with van der Waals surface area (Å²) in [6.07, 6.45) is 6.96. The molecule has 0 aliphatic heterocycles. The minimum absolute atomic E-state index is 0.338. The van der Waals surface area contributed by atoms with Crippen LogP contribution in [0.2, 0.25) is 0 Å². The summed E-state index contributed by atoms with van der Waals surface area (Å²) in [5.74, 6) is 0.930. The molecule has 0 spiro atoms. The average molecular weight is 179 g/mol. The SMILES string of the molecule is CCC1(Nc2ncc(C)[nH]2)CCC1. The second-order valence-electron chi connectivity index (χ2n) is 4.03. The molecule has 0 radical (unpaired) electrons. The van der Waals surface area contributed by atoms with Gasteiger partial charge in [-0.15, -0.1) is 0 Å². The molecule has 1 aliphatic carbocycles. The number of aryl methyl sites for hydroxylation is 1. The Balaban J connectivity index is 2.04. The first kappa shape index (κ1) is 8.60. The van der Waals surface area contributed by atoms with Crippen molar-refractivity contribution in [3.63, 3.8) is 0 Å². The van der Waals surface area contributed by atoms with Gasteiger partial charge in [0.05, 0.1) is 0 Å². The number of aromatic nitrogens is 2. The standard InChI is InChI=1S/C10H17N3/c1-3-10(5-4-6-10)13-9-11-7-8(2)12-9/h7H,3-6H2,1-2H3,(H2,11,12,13). The van der Waals surface area contributed by atoms with E-state index in [1.807, 2.05) is 13.1 Å². The molecule has 1 aromatic heterocycles. The maximum atomic E-state index is 4.26. The smallest absolute Gasteiger partial charge is 0.200 e. The molecule has 1 saturated carbocycles. The lowest BCUT2D eigenvalue weighted by Gasteiger charge is -2.41. The van der Waals surface area contributed by atoms with Crippen molar-refractivity contribution in [3.8, 4) is 0 Å². The van der Waals surface area contributed by atoms with Gasteiger partial charge in [0.15, 0.2) is 0 Å². The number of H-pyrrole nitrogens is 1. The van der Waals surface area contributed by atoms with Crippen LogP contribution in [0.5, 0.6) is 0 Å². The molecule has 0 amide bonds. The second kappa shape index (κ2) is 3.05. The molecule has 13 heavy (non-hydrogen) atoms. The first-order chi connectivity index (χ1) is 6.24. The largest absolute Gasteiger partial charge is 0.350 e. The highest BCUT2D eigenvalue weighted by Gasteiger charge is 2.35. The number of hydrogen-bond donors (Lipinski definition) is 2. The van der Waals surface area contributed by atoms with Gasteiger partial charge in [-0.25, -0.2) is 4.98 Å². The lowest BCUT2D eigenvalue weighted by molar-refractivity contribution is 0.268. The third kappa shape index (κ3) is 1.55. The number of rotatable bonds is 3. The molecule has 3 nitrogen and oxygen atoms in total. The molecular weight excluding hydrogens is 162 g/mol. The van der Waals surface area contributed by atoms with Gasteiger partial charge < -0.3 is 10.3 Å². The van der Waals surface area contributed by atoms with E-state index in [1.165, 1.54) is 25.7 Å². The maximum absolute atomic E-state index is 4.26. The van der Waals surface area contributed by atoms with Gasteiger partial charge in [-0.1, -0.05) is 6.92 Å². The fraction of sp³-hybridized carbons (Fsp3) is 0.700. The van der Waals surface area contributed by atoms with Crippen molar-refractivity contribution in [2.75, 3.05) is 5.32 Å². The number of nitrogens with zero attached hydrogens (tertiary/aromatic N) is 1. The molecule has 2 N–H and O–H groups in total. The minimum Gasteiger partial charge on any atom is -0.350 e. The normalized spacial score (nSPS) is 19.5. The molecule has 2 rings (SSSR count). The Morgan fingerprint density at radius 3 is 2.77 bits per heavy atom. The molecule has 1 fully saturated rings. The summed E-state index contributed by atoms with van der Waals surface area (Å²) in [5, 5.41) is 3.50. The number of anilines is 1. The highest BCUT2D eigenvalue weighted by Crippen LogP contribution is 2.37. The second-order valence-corrected chi connectivity index (χ2v) is 4.03. The van der Waals surface area contributed by atoms with Gasteiger partial charge in [-0.3, -0.25) is 0 Å². The molecule has 0 saturated heterocycles. The summed E-state index contributed by atoms with van der Waals surface area (Å²) in [4.78, 5) is 7.48. The Kier molecular flexibility index (Phi) is 2.02. The van der Waals surface area contributed by atoms with Crippen LogP contribution < -0.4 is 5.32 Å². The highest BCUT2D eigenvalue weighted by molar-refractivity contribution is 5.32. The van der Waals surface area contributed by atoms with Gasteiger partial charge in [0.2, 0.25) is 5.95 Å². The summed E-state index contributed by atoms with van der Waals surface area (Å²) in [5.41, 5.74) is 1.46. The van der Waals surface area contributed by atoms with Gasteiger partial charge >= 0.3 is 0 Å². The maximum Gasteiger partial charge on any atom is 0.200 e. The summed E-state index contributed by atoms with van der Waals surface area (Å²) >= 11 is 0. The van der Waals surface area contributed by atoms with Crippen LogP contribution in [0, 0.1) is 6.92 Å². The Morgan fingerprint density at radius 1 is 1.62 bits per heavy atom. The molecule has 0 aromatic carbocycles. The highest BCUT2D eigenvalue weighted by atomic mass is 15.2. The van der Waals surface area contributed by atoms with E-state index in [2.05, 4.69) is 22.2 Å². The van der Waals surface area contributed by atoms with Crippen LogP contribution in [0.1, 0.15) is 38.3 Å². The third-order valence-electron chi connectivity index (χ3n) is 3.07. The van der Waals surface area contributed by atoms with Gasteiger partial charge in [0.1, 0.15) is 0 Å². The molecule has 0 unspecified atom stereocenters. The third-order valence-corrected chi connectivity index (χ3v) is 3.07. The average Bonchev–Trinajstić information content (AvgIpc) is 2.44. The van der Waals surface area contributed by atoms with Gasteiger partial charge in [0, 0.05) is 17.4 Å². The van der Waals surface area contributed by atoms with Crippen molar-refractivity contribution in [2.45, 2.75) is 45.1 Å². The van der Waals surface area contributed by atoms with Crippen molar-refractivity contribution in [1.82, 2.24) is 9.97 Å². The van der Waals surface area contributed by atoms with Gasteiger partial charge in [0.25, 0.3) is 0 Å². The predicted octanol–water partition coefficient (Wildman–Crippen LogP) is 2.46. The Morgan fingerprint density at radius 2 is 2.38 bits per heavy atom. The number of aromatic amines is 1. The summed E-state index contributed by atoms with van der Waals surface area (Å²) in [6.45, 7) is 4.26. The molecule has 0 atom stereocenters. The van der Waals surface area contributed by atoms with E-state index >= 15 is 0 Å². The van der Waals surface area contributed by atoms with Crippen LogP contribution in [0.3, 0.4) is 0 Å². The molecule has 1 aliphatic rings. The van der Waals surface area contributed by atoms with Crippen LogP contribution in [0.15, 0.2) is 6.20 Å². The van der Waals surface area contributed by atoms with Crippen LogP contribution in [0.4, 0.5) is 5.95 Å². The van der Waals surface area contributed by atoms with E-state index in [0.29, 0.717) is 5.54 Å². The first-order valence-electron chi connectivity index (χ1n) is 5.04. The molecule has 1 aromatic rings. The summed E-state index contributed by atoms with van der Waals surface area (Å²) in [7, 11) is 0. The number of imidazole rings is 1. The van der Waals surface area contributed by atoms with Gasteiger partial charge in [-0.05, 0) is 32.6 Å². The zero-order chi connectivity index (χ0) is 9.31. The van der Waals surface area contributed by atoms with Crippen LogP contribution in [0.25, 0.3) is 0 Å². The summed E-state index contributed by atoms with van der Waals surface area (Å²) < 4.78 is 0. The summed E-state index contributed by atoms with van der Waals surface area (Å²) in [6, 6.07) is 0. The minimum atomic E-state index is 0.338. The molecular formula is C10H17N3. The molecule has 1 heterocycles. The molecule has 0 bridgehead atoms. The van der Waals surface area contributed by atoms with Crippen molar-refractivity contribution < 1.29 is 0 Å². The molecule has 72 valence electrons. The van der Waals surface area contributed by atoms with Crippen LogP contribution in [-0.2, 0) is 0 Å². The Labute approximate surface area is 79.0 Å². The van der Waals surface area contributed by atoms with E-state index < -0.39 is 0 Å². The number of nitrogens with one attached hydrogen (secondary N) is 2. The fourth-order valence-electron chi connectivity index (χ4n) is 1.90. The van der Waals surface area contributed by atoms with E-state index in [1.54, 1.807) is 0 Å². The van der Waals surface area contributed by atoms with Crippen molar-refractivity contribution in [1.29, 1.82) is 0 Å². The lowest BCUT2D eigenvalue weighted by atomic mass is 9.75. The number of hydrogen-bond acceptors (Lipinski definition) is 2. The predicted molar refractivity (Wildman–Crippen MR) is 53.8 cm³/mol. The Hall–Kier alpha value is -0.990. The van der Waals surface area contributed by atoms with Crippen molar-refractivity contribution >= 4 is 5.95 Å². The zero-order valence-electron chi connectivity index (χ0n) is 8.35. The van der Waals surface area contributed by atoms with E-state index in [9.17, 15) is 0 Å². The fourth-order valence-corrected chi connectivity index (χ4v) is 1.90. The lowest BCUT2D eigenvalue weighted by Crippen LogP contribution is -2.44. The van der Waals surface area contributed by atoms with Gasteiger partial charge in [-0.2, -0.15) is 0 Å². The van der Waals surface area contributed by atoms with E-state index in [-0.39, 0.29) is 0 Å².